The highest BCUT2D eigenvalue weighted by Gasteiger charge is 2.05. The zero-order chi connectivity index (χ0) is 16.6. The van der Waals surface area contributed by atoms with Crippen molar-refractivity contribution in [3.63, 3.8) is 0 Å². The molecule has 0 radical (unpaired) electrons. The number of halogens is 1. The van der Waals surface area contributed by atoms with Gasteiger partial charge in [-0.3, -0.25) is 4.79 Å². The zero-order valence-corrected chi connectivity index (χ0v) is 16.0. The topological polar surface area (TPSA) is 30.2 Å². The van der Waals surface area contributed by atoms with Gasteiger partial charge < -0.3 is 17.1 Å². The maximum absolute atomic E-state index is 11.6. The monoisotopic (exact) mass is 355 g/mol. The van der Waals surface area contributed by atoms with Crippen LogP contribution in [0.2, 0.25) is 0 Å². The number of ether oxygens (including phenoxy) is 1. The van der Waals surface area contributed by atoms with Gasteiger partial charge in [0, 0.05) is 18.6 Å². The maximum atomic E-state index is 11.6. The minimum atomic E-state index is -0.0859. The summed E-state index contributed by atoms with van der Waals surface area (Å²) in [5.74, 6) is -0.0859. The molecule has 0 aliphatic rings. The van der Waals surface area contributed by atoms with E-state index in [4.69, 9.17) is 4.74 Å². The van der Waals surface area contributed by atoms with Crippen LogP contribution in [0.15, 0.2) is 30.6 Å². The smallest absolute Gasteiger partial charge is 0.310 e. The Morgan fingerprint density at radius 3 is 1.83 bits per heavy atom. The van der Waals surface area contributed by atoms with Gasteiger partial charge in [0.2, 0.25) is 0 Å². The van der Waals surface area contributed by atoms with Gasteiger partial charge >= 0.3 is 5.97 Å². The Bertz CT molecular complexity index is 398. The molecule has 0 amide bonds. The highest BCUT2D eigenvalue weighted by atomic mass is 35.5. The Kier molecular flexibility index (Phi) is 16.0. The molecule has 0 atom stereocenters. The van der Waals surface area contributed by atoms with Crippen molar-refractivity contribution in [1.29, 1.82) is 0 Å². The molecule has 0 aliphatic carbocycles. The van der Waals surface area contributed by atoms with Crippen molar-refractivity contribution >= 4 is 5.97 Å². The summed E-state index contributed by atoms with van der Waals surface area (Å²) in [6, 6.07) is 5.80. The van der Waals surface area contributed by atoms with Crippen molar-refractivity contribution in [3.05, 3.63) is 30.6 Å². The van der Waals surface area contributed by atoms with Gasteiger partial charge in [-0.2, -0.15) is 4.57 Å². The molecular weight excluding hydrogens is 322 g/mol. The third-order valence-electron chi connectivity index (χ3n) is 4.14. The molecule has 0 aromatic carbocycles. The van der Waals surface area contributed by atoms with Crippen LogP contribution in [0.5, 0.6) is 0 Å². The third kappa shape index (κ3) is 13.4. The van der Waals surface area contributed by atoms with Crippen molar-refractivity contribution in [3.8, 4) is 0 Å². The van der Waals surface area contributed by atoms with E-state index >= 15 is 0 Å². The second-order valence-corrected chi connectivity index (χ2v) is 6.32. The van der Waals surface area contributed by atoms with E-state index in [0.717, 1.165) is 12.8 Å². The number of carbonyl (C=O) groups is 1. The highest BCUT2D eigenvalue weighted by molar-refractivity contribution is 5.68. The van der Waals surface area contributed by atoms with Crippen LogP contribution < -0.4 is 17.0 Å². The fourth-order valence-corrected chi connectivity index (χ4v) is 2.67. The van der Waals surface area contributed by atoms with Crippen molar-refractivity contribution < 1.29 is 26.5 Å². The van der Waals surface area contributed by atoms with Gasteiger partial charge in [-0.15, -0.1) is 0 Å². The quantitative estimate of drug-likeness (QED) is 0.291. The molecule has 0 spiro atoms. The first-order valence-corrected chi connectivity index (χ1v) is 9.42. The fraction of sp³-hybridized carbons (Fsp3) is 0.700. The summed E-state index contributed by atoms with van der Waals surface area (Å²) in [7, 11) is 0. The molecule has 138 valence electrons. The lowest BCUT2D eigenvalue weighted by molar-refractivity contribution is -0.727. The molecule has 24 heavy (non-hydrogen) atoms. The second kappa shape index (κ2) is 16.8. The molecule has 1 aromatic heterocycles. The summed E-state index contributed by atoms with van der Waals surface area (Å²) in [5.41, 5.74) is 0. The van der Waals surface area contributed by atoms with Crippen LogP contribution in [-0.4, -0.2) is 5.97 Å². The third-order valence-corrected chi connectivity index (χ3v) is 4.14. The first-order chi connectivity index (χ1) is 11.3. The maximum Gasteiger partial charge on any atom is 0.310 e. The number of hydrogen-bond acceptors (Lipinski definition) is 2. The van der Waals surface area contributed by atoms with E-state index in [0.29, 0.717) is 13.2 Å². The molecule has 4 heteroatoms. The number of unbranched alkanes of at least 4 members (excludes halogenated alkanes) is 10. The largest absolute Gasteiger partial charge is 1.00 e. The molecule has 1 aromatic rings. The molecule has 0 unspecified atom stereocenters. The lowest BCUT2D eigenvalue weighted by Crippen LogP contribution is -3.00. The first-order valence-electron chi connectivity index (χ1n) is 9.42. The Balaban J connectivity index is 0.00000529. The van der Waals surface area contributed by atoms with E-state index in [1.54, 1.807) is 0 Å². The van der Waals surface area contributed by atoms with Gasteiger partial charge in [-0.1, -0.05) is 77.2 Å². The number of rotatable bonds is 14. The number of nitrogens with zero attached hydrogens (tertiary/aromatic N) is 1. The summed E-state index contributed by atoms with van der Waals surface area (Å²) in [6.07, 6.45) is 18.6. The molecule has 0 aliphatic heterocycles. The van der Waals surface area contributed by atoms with E-state index in [1.165, 1.54) is 57.8 Å². The lowest BCUT2D eigenvalue weighted by Gasteiger charge is -2.03. The second-order valence-electron chi connectivity index (χ2n) is 6.32. The Hall–Kier alpha value is -1.09. The van der Waals surface area contributed by atoms with E-state index in [1.807, 2.05) is 35.2 Å². The molecule has 3 nitrogen and oxygen atoms in total. The van der Waals surface area contributed by atoms with Gasteiger partial charge in [-0.05, 0) is 6.42 Å². The number of carbonyl (C=O) groups excluding carboxylic acids is 1. The molecule has 0 fully saturated rings. The SMILES string of the molecule is CCCCCCCCCCCCCC(=O)OC[n+]1ccccc1.[Cl-]. The Morgan fingerprint density at radius 2 is 1.29 bits per heavy atom. The highest BCUT2D eigenvalue weighted by Crippen LogP contribution is 2.12. The van der Waals surface area contributed by atoms with Gasteiger partial charge in [0.25, 0.3) is 6.73 Å². The summed E-state index contributed by atoms with van der Waals surface area (Å²) in [4.78, 5) is 11.6. The Morgan fingerprint density at radius 1 is 0.792 bits per heavy atom. The fourth-order valence-electron chi connectivity index (χ4n) is 2.67. The standard InChI is InChI=1S/C20H34NO2.ClH/c1-2-3-4-5-6-7-8-9-10-11-13-16-20(22)23-19-21-17-14-12-15-18-21;/h12,14-15,17-18H,2-11,13,16,19H2,1H3;1H/q+1;/p-1. The van der Waals surface area contributed by atoms with E-state index < -0.39 is 0 Å². The summed E-state index contributed by atoms with van der Waals surface area (Å²) in [6.45, 7) is 2.58. The molecule has 0 N–H and O–H groups in total. The predicted molar refractivity (Wildman–Crippen MR) is 93.8 cm³/mol. The Labute approximate surface area is 154 Å². The number of aromatic nitrogens is 1. The van der Waals surface area contributed by atoms with E-state index in [-0.39, 0.29) is 18.4 Å². The minimum Gasteiger partial charge on any atom is -1.00 e. The average molecular weight is 356 g/mol. The molecule has 0 bridgehead atoms. The van der Waals surface area contributed by atoms with Crippen LogP contribution >= 0.6 is 0 Å². The molecule has 1 heterocycles. The lowest BCUT2D eigenvalue weighted by atomic mass is 10.1. The molecule has 1 rings (SSSR count). The van der Waals surface area contributed by atoms with Crippen LogP contribution in [0.3, 0.4) is 0 Å². The van der Waals surface area contributed by atoms with Gasteiger partial charge in [0.15, 0.2) is 12.4 Å². The van der Waals surface area contributed by atoms with Crippen molar-refractivity contribution in [2.75, 3.05) is 0 Å². The van der Waals surface area contributed by atoms with Crippen molar-refractivity contribution in [1.82, 2.24) is 0 Å². The minimum absolute atomic E-state index is 0. The van der Waals surface area contributed by atoms with Crippen molar-refractivity contribution in [2.24, 2.45) is 0 Å². The van der Waals surface area contributed by atoms with Crippen LogP contribution in [-0.2, 0) is 16.3 Å². The molecular formula is C20H34ClNO2. The molecule has 0 saturated carbocycles. The van der Waals surface area contributed by atoms with Crippen LogP contribution in [0.1, 0.15) is 84.0 Å². The number of hydrogen-bond donors (Lipinski definition) is 0. The zero-order valence-electron chi connectivity index (χ0n) is 15.2. The van der Waals surface area contributed by atoms with Crippen LogP contribution in [0.4, 0.5) is 0 Å². The van der Waals surface area contributed by atoms with Gasteiger partial charge in [0.05, 0.1) is 0 Å². The first kappa shape index (κ1) is 22.9. The van der Waals surface area contributed by atoms with E-state index in [2.05, 4.69) is 6.92 Å². The number of esters is 1. The number of pyridine rings is 1. The van der Waals surface area contributed by atoms with Crippen molar-refractivity contribution in [2.45, 2.75) is 90.7 Å². The van der Waals surface area contributed by atoms with Gasteiger partial charge in [0.1, 0.15) is 0 Å². The molecule has 0 saturated heterocycles. The van der Waals surface area contributed by atoms with Gasteiger partial charge in [-0.25, -0.2) is 0 Å². The van der Waals surface area contributed by atoms with E-state index in [9.17, 15) is 4.79 Å². The normalized spacial score (nSPS) is 10.2. The average Bonchev–Trinajstić information content (AvgIpc) is 2.59. The summed E-state index contributed by atoms with van der Waals surface area (Å²) >= 11 is 0. The summed E-state index contributed by atoms with van der Waals surface area (Å²) < 4.78 is 7.10. The van der Waals surface area contributed by atoms with Crippen LogP contribution in [0, 0.1) is 0 Å². The van der Waals surface area contributed by atoms with Crippen LogP contribution in [0.25, 0.3) is 0 Å². The predicted octanol–water partition coefficient (Wildman–Crippen LogP) is 2.18. The summed E-state index contributed by atoms with van der Waals surface area (Å²) in [5, 5.41) is 0.